The van der Waals surface area contributed by atoms with Crippen molar-refractivity contribution < 1.29 is 14.3 Å². The van der Waals surface area contributed by atoms with Gasteiger partial charge in [-0.05, 0) is 25.7 Å². The van der Waals surface area contributed by atoms with Crippen molar-refractivity contribution >= 4 is 5.97 Å². The van der Waals surface area contributed by atoms with E-state index in [0.717, 1.165) is 25.2 Å². The number of aromatic nitrogens is 2. The molecule has 1 aliphatic rings. The highest BCUT2D eigenvalue weighted by Crippen LogP contribution is 2.33. The van der Waals surface area contributed by atoms with E-state index in [1.54, 1.807) is 0 Å². The summed E-state index contributed by atoms with van der Waals surface area (Å²) in [5, 5.41) is 16.6. The molecule has 1 aliphatic carbocycles. The first-order valence-electron chi connectivity index (χ1n) is 6.30. The van der Waals surface area contributed by atoms with Crippen molar-refractivity contribution in [3.63, 3.8) is 0 Å². The summed E-state index contributed by atoms with van der Waals surface area (Å²) < 4.78 is 5.60. The van der Waals surface area contributed by atoms with E-state index in [9.17, 15) is 4.79 Å². The van der Waals surface area contributed by atoms with Gasteiger partial charge >= 0.3 is 5.97 Å². The summed E-state index contributed by atoms with van der Waals surface area (Å²) in [6, 6.07) is 0. The number of aryl methyl sites for hydroxylation is 1. The van der Waals surface area contributed by atoms with Crippen molar-refractivity contribution in [1.29, 1.82) is 0 Å². The van der Waals surface area contributed by atoms with Crippen LogP contribution >= 0.6 is 0 Å². The second kappa shape index (κ2) is 5.80. The van der Waals surface area contributed by atoms with Crippen LogP contribution in [0.5, 0.6) is 0 Å². The van der Waals surface area contributed by atoms with Crippen molar-refractivity contribution in [2.24, 2.45) is 0 Å². The Morgan fingerprint density at radius 1 is 1.29 bits per heavy atom. The van der Waals surface area contributed by atoms with Gasteiger partial charge in [-0.2, -0.15) is 0 Å². The molecule has 0 bridgehead atoms. The van der Waals surface area contributed by atoms with Crippen LogP contribution in [-0.4, -0.2) is 21.3 Å². The maximum atomic E-state index is 10.3. The first-order valence-corrected chi connectivity index (χ1v) is 6.30. The van der Waals surface area contributed by atoms with Gasteiger partial charge in [0.25, 0.3) is 0 Å². The molecule has 0 amide bonds. The summed E-state index contributed by atoms with van der Waals surface area (Å²) in [4.78, 5) is 10.3. The van der Waals surface area contributed by atoms with E-state index >= 15 is 0 Å². The smallest absolute Gasteiger partial charge is 0.303 e. The number of rotatable bonds is 6. The molecule has 0 radical (unpaired) electrons. The molecular formula is C12H18N2O3. The van der Waals surface area contributed by atoms with Gasteiger partial charge in [-0.25, -0.2) is 0 Å². The van der Waals surface area contributed by atoms with E-state index in [1.165, 1.54) is 12.8 Å². The van der Waals surface area contributed by atoms with E-state index in [-0.39, 0.29) is 6.42 Å². The minimum Gasteiger partial charge on any atom is -0.481 e. The average Bonchev–Trinajstić information content (AvgIpc) is 2.94. The van der Waals surface area contributed by atoms with Crippen LogP contribution in [0.2, 0.25) is 0 Å². The molecule has 0 aromatic carbocycles. The Morgan fingerprint density at radius 2 is 2.06 bits per heavy atom. The third kappa shape index (κ3) is 3.54. The van der Waals surface area contributed by atoms with E-state index in [4.69, 9.17) is 9.52 Å². The molecule has 0 atom stereocenters. The molecule has 0 aliphatic heterocycles. The summed E-state index contributed by atoms with van der Waals surface area (Å²) in [7, 11) is 0. The Kier molecular flexibility index (Phi) is 4.12. The van der Waals surface area contributed by atoms with Gasteiger partial charge in [0, 0.05) is 18.8 Å². The zero-order valence-electron chi connectivity index (χ0n) is 9.89. The molecule has 17 heavy (non-hydrogen) atoms. The fourth-order valence-corrected chi connectivity index (χ4v) is 2.26. The van der Waals surface area contributed by atoms with Gasteiger partial charge in [-0.15, -0.1) is 10.2 Å². The lowest BCUT2D eigenvalue weighted by Crippen LogP contribution is -1.95. The van der Waals surface area contributed by atoms with Crippen molar-refractivity contribution in [1.82, 2.24) is 10.2 Å². The number of nitrogens with zero attached hydrogens (tertiary/aromatic N) is 2. The monoisotopic (exact) mass is 238 g/mol. The Bertz CT molecular complexity index is 370. The molecule has 0 spiro atoms. The van der Waals surface area contributed by atoms with Crippen molar-refractivity contribution in [2.45, 2.75) is 57.3 Å². The molecule has 1 heterocycles. The molecule has 0 saturated heterocycles. The maximum Gasteiger partial charge on any atom is 0.303 e. The summed E-state index contributed by atoms with van der Waals surface area (Å²) in [5.41, 5.74) is 0. The fourth-order valence-electron chi connectivity index (χ4n) is 2.26. The first-order chi connectivity index (χ1) is 8.25. The van der Waals surface area contributed by atoms with Gasteiger partial charge in [0.2, 0.25) is 11.8 Å². The van der Waals surface area contributed by atoms with Crippen LogP contribution in [0.4, 0.5) is 0 Å². The molecular weight excluding hydrogens is 220 g/mol. The molecule has 2 rings (SSSR count). The largest absolute Gasteiger partial charge is 0.481 e. The fraction of sp³-hybridized carbons (Fsp3) is 0.750. The standard InChI is InChI=1S/C12H18N2O3/c15-11(16)8-4-3-7-10-13-14-12(17-10)9-5-1-2-6-9/h9H,1-8H2,(H,15,16). The lowest BCUT2D eigenvalue weighted by molar-refractivity contribution is -0.137. The van der Waals surface area contributed by atoms with Gasteiger partial charge < -0.3 is 9.52 Å². The quantitative estimate of drug-likeness (QED) is 0.770. The normalized spacial score (nSPS) is 16.5. The molecule has 1 saturated carbocycles. The van der Waals surface area contributed by atoms with E-state index in [1.807, 2.05) is 0 Å². The number of aliphatic carboxylic acids is 1. The van der Waals surface area contributed by atoms with Crippen molar-refractivity contribution in [2.75, 3.05) is 0 Å². The van der Waals surface area contributed by atoms with E-state index in [2.05, 4.69) is 10.2 Å². The zero-order chi connectivity index (χ0) is 12.1. The molecule has 5 heteroatoms. The first kappa shape index (κ1) is 12.1. The van der Waals surface area contributed by atoms with E-state index < -0.39 is 5.97 Å². The summed E-state index contributed by atoms with van der Waals surface area (Å²) in [6.45, 7) is 0. The second-order valence-corrected chi connectivity index (χ2v) is 4.62. The Balaban J connectivity index is 1.75. The predicted octanol–water partition coefficient (Wildman–Crippen LogP) is 2.52. The van der Waals surface area contributed by atoms with Crippen LogP contribution in [0.25, 0.3) is 0 Å². The minimum absolute atomic E-state index is 0.212. The Hall–Kier alpha value is -1.39. The molecule has 94 valence electrons. The SMILES string of the molecule is O=C(O)CCCCc1nnc(C2CCCC2)o1. The lowest BCUT2D eigenvalue weighted by Gasteiger charge is -2.00. The summed E-state index contributed by atoms with van der Waals surface area (Å²) >= 11 is 0. The molecule has 1 N–H and O–H groups in total. The summed E-state index contributed by atoms with van der Waals surface area (Å²) in [5.74, 6) is 1.13. The number of hydrogen-bond acceptors (Lipinski definition) is 4. The van der Waals surface area contributed by atoms with Gasteiger partial charge in [-0.1, -0.05) is 12.8 Å². The average molecular weight is 238 g/mol. The highest BCUT2D eigenvalue weighted by atomic mass is 16.4. The van der Waals surface area contributed by atoms with Crippen LogP contribution in [0.3, 0.4) is 0 Å². The number of carboxylic acids is 1. The summed E-state index contributed by atoms with van der Waals surface area (Å²) in [6.07, 6.45) is 7.16. The van der Waals surface area contributed by atoms with Crippen LogP contribution in [0, 0.1) is 0 Å². The third-order valence-electron chi connectivity index (χ3n) is 3.22. The van der Waals surface area contributed by atoms with Crippen LogP contribution < -0.4 is 0 Å². The molecule has 5 nitrogen and oxygen atoms in total. The number of unbranched alkanes of at least 4 members (excludes halogenated alkanes) is 1. The molecule has 1 aromatic heterocycles. The van der Waals surface area contributed by atoms with Gasteiger partial charge in [0.05, 0.1) is 0 Å². The minimum atomic E-state index is -0.748. The lowest BCUT2D eigenvalue weighted by atomic mass is 10.1. The molecule has 1 fully saturated rings. The van der Waals surface area contributed by atoms with Crippen LogP contribution in [0.1, 0.15) is 62.6 Å². The Labute approximate surface area is 100 Å². The number of carboxylic acid groups (broad SMARTS) is 1. The number of hydrogen-bond donors (Lipinski definition) is 1. The molecule has 1 aromatic rings. The topological polar surface area (TPSA) is 76.2 Å². The van der Waals surface area contributed by atoms with Gasteiger partial charge in [-0.3, -0.25) is 4.79 Å². The van der Waals surface area contributed by atoms with Crippen LogP contribution in [-0.2, 0) is 11.2 Å². The highest BCUT2D eigenvalue weighted by molar-refractivity contribution is 5.66. The Morgan fingerprint density at radius 3 is 2.76 bits per heavy atom. The number of carbonyl (C=O) groups is 1. The van der Waals surface area contributed by atoms with Crippen molar-refractivity contribution in [3.8, 4) is 0 Å². The predicted molar refractivity (Wildman–Crippen MR) is 60.7 cm³/mol. The van der Waals surface area contributed by atoms with Gasteiger partial charge in [0.15, 0.2) is 0 Å². The van der Waals surface area contributed by atoms with Gasteiger partial charge in [0.1, 0.15) is 0 Å². The molecule has 0 unspecified atom stereocenters. The highest BCUT2D eigenvalue weighted by Gasteiger charge is 2.22. The van der Waals surface area contributed by atoms with Crippen molar-refractivity contribution in [3.05, 3.63) is 11.8 Å². The van der Waals surface area contributed by atoms with Crippen LogP contribution in [0.15, 0.2) is 4.42 Å². The third-order valence-corrected chi connectivity index (χ3v) is 3.22. The zero-order valence-corrected chi connectivity index (χ0v) is 9.89. The van der Waals surface area contributed by atoms with E-state index in [0.29, 0.717) is 24.7 Å². The maximum absolute atomic E-state index is 10.3. The second-order valence-electron chi connectivity index (χ2n) is 4.62.